The summed E-state index contributed by atoms with van der Waals surface area (Å²) in [6.45, 7) is 3.26. The third-order valence-corrected chi connectivity index (χ3v) is 3.70. The van der Waals surface area contributed by atoms with Gasteiger partial charge in [-0.25, -0.2) is 4.39 Å². The zero-order valence-corrected chi connectivity index (χ0v) is 13.4. The highest BCUT2D eigenvalue weighted by Crippen LogP contribution is 2.22. The summed E-state index contributed by atoms with van der Waals surface area (Å²) in [5.74, 6) is -0.438. The van der Waals surface area contributed by atoms with Crippen LogP contribution in [0.4, 0.5) is 4.39 Å². The molecule has 2 rings (SSSR count). The number of carbonyl (C=O) groups is 1. The van der Waals surface area contributed by atoms with Gasteiger partial charge in [0.05, 0.1) is 17.5 Å². The fourth-order valence-electron chi connectivity index (χ4n) is 2.14. The van der Waals surface area contributed by atoms with E-state index < -0.39 is 0 Å². The Bertz CT molecular complexity index is 478. The summed E-state index contributed by atoms with van der Waals surface area (Å²) >= 11 is 3.21. The minimum absolute atomic E-state index is 0.0171. The highest BCUT2D eigenvalue weighted by molar-refractivity contribution is 9.10. The molecule has 1 saturated heterocycles. The predicted molar refractivity (Wildman–Crippen MR) is 80.8 cm³/mol. The second-order valence-electron chi connectivity index (χ2n) is 5.03. The van der Waals surface area contributed by atoms with Gasteiger partial charge in [-0.15, -0.1) is 0 Å². The SMILES string of the molecule is C[C@H](Br)C(=O)NC[C@H](O[C@@H]1CCOC1)c1cccc(F)c1. The number of rotatable bonds is 6. The van der Waals surface area contributed by atoms with Gasteiger partial charge in [0.25, 0.3) is 0 Å². The molecule has 0 aliphatic carbocycles. The molecule has 0 aromatic heterocycles. The van der Waals surface area contributed by atoms with Crippen LogP contribution in [0.3, 0.4) is 0 Å². The summed E-state index contributed by atoms with van der Waals surface area (Å²) in [6.07, 6.45) is 0.411. The topological polar surface area (TPSA) is 47.6 Å². The average Bonchev–Trinajstić information content (AvgIpc) is 2.95. The van der Waals surface area contributed by atoms with Crippen LogP contribution in [0.5, 0.6) is 0 Å². The monoisotopic (exact) mass is 359 g/mol. The van der Waals surface area contributed by atoms with Crippen LogP contribution in [-0.2, 0) is 14.3 Å². The Morgan fingerprint density at radius 2 is 2.43 bits per heavy atom. The summed E-state index contributed by atoms with van der Waals surface area (Å²) < 4.78 is 24.6. The summed E-state index contributed by atoms with van der Waals surface area (Å²) in [4.78, 5) is 11.4. The molecule has 1 aromatic rings. The highest BCUT2D eigenvalue weighted by Gasteiger charge is 2.23. The minimum Gasteiger partial charge on any atom is -0.379 e. The van der Waals surface area contributed by atoms with Gasteiger partial charge < -0.3 is 14.8 Å². The first-order chi connectivity index (χ1) is 10.1. The van der Waals surface area contributed by atoms with E-state index in [-0.39, 0.29) is 28.8 Å². The number of halogens is 2. The van der Waals surface area contributed by atoms with Crippen LogP contribution < -0.4 is 5.32 Å². The first-order valence-corrected chi connectivity index (χ1v) is 7.88. The van der Waals surface area contributed by atoms with Crippen molar-refractivity contribution >= 4 is 21.8 Å². The molecule has 21 heavy (non-hydrogen) atoms. The van der Waals surface area contributed by atoms with E-state index in [4.69, 9.17) is 9.47 Å². The van der Waals surface area contributed by atoms with Gasteiger partial charge >= 0.3 is 0 Å². The maximum absolute atomic E-state index is 13.4. The van der Waals surface area contributed by atoms with E-state index in [1.807, 2.05) is 0 Å². The average molecular weight is 360 g/mol. The summed E-state index contributed by atoms with van der Waals surface area (Å²) in [5.41, 5.74) is 0.712. The number of benzene rings is 1. The van der Waals surface area contributed by atoms with E-state index >= 15 is 0 Å². The molecule has 1 fully saturated rings. The van der Waals surface area contributed by atoms with Gasteiger partial charge in [0, 0.05) is 13.2 Å². The summed E-state index contributed by atoms with van der Waals surface area (Å²) in [6, 6.07) is 6.26. The van der Waals surface area contributed by atoms with Crippen molar-refractivity contribution in [2.45, 2.75) is 30.4 Å². The van der Waals surface area contributed by atoms with Gasteiger partial charge in [0.1, 0.15) is 11.9 Å². The fraction of sp³-hybridized carbons (Fsp3) is 0.533. The van der Waals surface area contributed by atoms with Crippen LogP contribution in [-0.4, -0.2) is 36.6 Å². The number of nitrogens with one attached hydrogen (secondary N) is 1. The number of hydrogen-bond donors (Lipinski definition) is 1. The lowest BCUT2D eigenvalue weighted by Crippen LogP contribution is -2.35. The molecule has 0 spiro atoms. The Morgan fingerprint density at radius 1 is 1.62 bits per heavy atom. The zero-order chi connectivity index (χ0) is 15.2. The molecule has 116 valence electrons. The molecule has 1 aromatic carbocycles. The van der Waals surface area contributed by atoms with Crippen LogP contribution in [0, 0.1) is 5.82 Å². The molecule has 1 aliphatic rings. The Balaban J connectivity index is 2.04. The summed E-state index contributed by atoms with van der Waals surface area (Å²) in [7, 11) is 0. The standard InChI is InChI=1S/C15H19BrFNO3/c1-10(16)15(19)18-8-14(21-13-5-6-20-9-13)11-3-2-4-12(17)7-11/h2-4,7,10,13-14H,5-6,8-9H2,1H3,(H,18,19)/t10-,13+,14-/m0/s1. The van der Waals surface area contributed by atoms with Crippen LogP contribution in [0.2, 0.25) is 0 Å². The second-order valence-corrected chi connectivity index (χ2v) is 6.40. The first-order valence-electron chi connectivity index (χ1n) is 6.96. The lowest BCUT2D eigenvalue weighted by molar-refractivity contribution is -0.121. The van der Waals surface area contributed by atoms with Crippen LogP contribution in [0.1, 0.15) is 25.0 Å². The van der Waals surface area contributed by atoms with Crippen molar-refractivity contribution in [1.82, 2.24) is 5.32 Å². The van der Waals surface area contributed by atoms with Gasteiger partial charge in [0.15, 0.2) is 0 Å². The number of carbonyl (C=O) groups excluding carboxylic acids is 1. The Kier molecular flexibility index (Phi) is 6.14. The molecular formula is C15H19BrFNO3. The normalized spacial score (nSPS) is 21.0. The van der Waals surface area contributed by atoms with Gasteiger partial charge in [0.2, 0.25) is 5.91 Å². The molecule has 1 heterocycles. The van der Waals surface area contributed by atoms with Gasteiger partial charge in [-0.05, 0) is 31.0 Å². The van der Waals surface area contributed by atoms with Crippen molar-refractivity contribution in [3.8, 4) is 0 Å². The van der Waals surface area contributed by atoms with Crippen LogP contribution >= 0.6 is 15.9 Å². The maximum Gasteiger partial charge on any atom is 0.233 e. The smallest absolute Gasteiger partial charge is 0.233 e. The van der Waals surface area contributed by atoms with Crippen molar-refractivity contribution in [3.63, 3.8) is 0 Å². The number of alkyl halides is 1. The quantitative estimate of drug-likeness (QED) is 0.794. The number of ether oxygens (including phenoxy) is 2. The zero-order valence-electron chi connectivity index (χ0n) is 11.9. The molecule has 6 heteroatoms. The lowest BCUT2D eigenvalue weighted by Gasteiger charge is -2.22. The Morgan fingerprint density at radius 3 is 3.05 bits per heavy atom. The third kappa shape index (κ3) is 5.05. The van der Waals surface area contributed by atoms with Crippen LogP contribution in [0.25, 0.3) is 0 Å². The van der Waals surface area contributed by atoms with Crippen molar-refractivity contribution in [2.75, 3.05) is 19.8 Å². The molecule has 0 unspecified atom stereocenters. The maximum atomic E-state index is 13.4. The lowest BCUT2D eigenvalue weighted by atomic mass is 10.1. The van der Waals surface area contributed by atoms with Crippen molar-refractivity contribution in [2.24, 2.45) is 0 Å². The molecule has 1 aliphatic heterocycles. The van der Waals surface area contributed by atoms with E-state index in [2.05, 4.69) is 21.2 Å². The van der Waals surface area contributed by atoms with Crippen LogP contribution in [0.15, 0.2) is 24.3 Å². The molecule has 4 nitrogen and oxygen atoms in total. The second kappa shape index (κ2) is 7.87. The molecule has 1 N–H and O–H groups in total. The predicted octanol–water partition coefficient (Wildman–Crippen LogP) is 2.57. The Hall–Kier alpha value is -0.980. The minimum atomic E-state index is -0.386. The molecule has 0 saturated carbocycles. The van der Waals surface area contributed by atoms with Crippen molar-refractivity contribution in [1.29, 1.82) is 0 Å². The van der Waals surface area contributed by atoms with E-state index in [1.54, 1.807) is 19.1 Å². The van der Waals surface area contributed by atoms with E-state index in [1.165, 1.54) is 12.1 Å². The molecule has 3 atom stereocenters. The first kappa shape index (κ1) is 16.4. The molecule has 0 bridgehead atoms. The number of amides is 1. The largest absolute Gasteiger partial charge is 0.379 e. The van der Waals surface area contributed by atoms with E-state index in [9.17, 15) is 9.18 Å². The Labute approximate surface area is 132 Å². The summed E-state index contributed by atoms with van der Waals surface area (Å²) in [5, 5.41) is 2.80. The molecular weight excluding hydrogens is 341 g/mol. The van der Waals surface area contributed by atoms with Crippen molar-refractivity contribution < 1.29 is 18.7 Å². The molecule has 1 amide bonds. The van der Waals surface area contributed by atoms with Gasteiger partial charge in [-0.1, -0.05) is 28.1 Å². The van der Waals surface area contributed by atoms with Gasteiger partial charge in [-0.3, -0.25) is 4.79 Å². The number of hydrogen-bond acceptors (Lipinski definition) is 3. The fourth-order valence-corrected chi connectivity index (χ4v) is 2.30. The van der Waals surface area contributed by atoms with E-state index in [0.29, 0.717) is 25.3 Å². The highest BCUT2D eigenvalue weighted by atomic mass is 79.9. The third-order valence-electron chi connectivity index (χ3n) is 3.29. The van der Waals surface area contributed by atoms with Gasteiger partial charge in [-0.2, -0.15) is 0 Å². The van der Waals surface area contributed by atoms with Crippen molar-refractivity contribution in [3.05, 3.63) is 35.6 Å². The van der Waals surface area contributed by atoms with E-state index in [0.717, 1.165) is 6.42 Å². The molecule has 0 radical (unpaired) electrons.